The van der Waals surface area contributed by atoms with Gasteiger partial charge >= 0.3 is 5.97 Å². The first-order valence-electron chi connectivity index (χ1n) is 8.73. The van der Waals surface area contributed by atoms with E-state index in [1.807, 2.05) is 60.7 Å². The smallest absolute Gasteiger partial charge is 0.333 e. The Kier molecular flexibility index (Phi) is 8.06. The molecule has 2 atom stereocenters. The fraction of sp³-hybridized carbons (Fsp3) is 0.318. The minimum atomic E-state index is -0.399. The maximum atomic E-state index is 12.0. The van der Waals surface area contributed by atoms with Crippen molar-refractivity contribution in [3.63, 3.8) is 0 Å². The number of rotatable bonds is 10. The average molecular weight is 354 g/mol. The van der Waals surface area contributed by atoms with Gasteiger partial charge in [0.05, 0.1) is 19.3 Å². The number of hydrogen-bond donors (Lipinski definition) is 0. The van der Waals surface area contributed by atoms with E-state index in [1.54, 1.807) is 14.0 Å². The third-order valence-corrected chi connectivity index (χ3v) is 4.04. The van der Waals surface area contributed by atoms with Crippen LogP contribution in [0, 0.1) is 0 Å². The summed E-state index contributed by atoms with van der Waals surface area (Å²) in [6, 6.07) is 19.7. The molecule has 0 aliphatic rings. The molecule has 0 amide bonds. The summed E-state index contributed by atoms with van der Waals surface area (Å²) >= 11 is 0. The van der Waals surface area contributed by atoms with Crippen LogP contribution in [0.4, 0.5) is 0 Å². The highest BCUT2D eigenvalue weighted by atomic mass is 16.5. The van der Waals surface area contributed by atoms with E-state index in [4.69, 9.17) is 14.2 Å². The van der Waals surface area contributed by atoms with Gasteiger partial charge in [-0.05, 0) is 18.1 Å². The zero-order valence-electron chi connectivity index (χ0n) is 15.4. The summed E-state index contributed by atoms with van der Waals surface area (Å²) in [6.07, 6.45) is -0.343. The van der Waals surface area contributed by atoms with Crippen molar-refractivity contribution < 1.29 is 19.0 Å². The lowest BCUT2D eigenvalue weighted by molar-refractivity contribution is -0.139. The minimum Gasteiger partial charge on any atom is -0.463 e. The SMILES string of the molecule is C=C(C[C@H](OCc1ccccc1)[C@@H](OC)c1ccccc1)C(=O)OCC. The molecule has 0 spiro atoms. The summed E-state index contributed by atoms with van der Waals surface area (Å²) < 4.78 is 16.9. The number of esters is 1. The summed E-state index contributed by atoms with van der Waals surface area (Å²) in [4.78, 5) is 12.0. The Hall–Kier alpha value is -2.43. The van der Waals surface area contributed by atoms with Crippen molar-refractivity contribution in [2.45, 2.75) is 32.2 Å². The van der Waals surface area contributed by atoms with Crippen molar-refractivity contribution in [2.75, 3.05) is 13.7 Å². The molecule has 4 heteroatoms. The van der Waals surface area contributed by atoms with Crippen LogP contribution < -0.4 is 0 Å². The molecule has 0 saturated heterocycles. The molecule has 4 nitrogen and oxygen atoms in total. The molecule has 0 heterocycles. The Labute approximate surface area is 155 Å². The predicted molar refractivity (Wildman–Crippen MR) is 102 cm³/mol. The first kappa shape index (κ1) is 19.9. The van der Waals surface area contributed by atoms with Crippen molar-refractivity contribution >= 4 is 5.97 Å². The molecule has 0 bridgehead atoms. The molecule has 0 radical (unpaired) electrons. The van der Waals surface area contributed by atoms with Crippen molar-refractivity contribution in [3.05, 3.63) is 83.9 Å². The van der Waals surface area contributed by atoms with E-state index in [2.05, 4.69) is 6.58 Å². The van der Waals surface area contributed by atoms with Gasteiger partial charge in [-0.25, -0.2) is 4.79 Å². The van der Waals surface area contributed by atoms with Gasteiger partial charge in [-0.1, -0.05) is 67.2 Å². The number of benzene rings is 2. The lowest BCUT2D eigenvalue weighted by atomic mass is 9.98. The van der Waals surface area contributed by atoms with Gasteiger partial charge in [0.1, 0.15) is 6.10 Å². The van der Waals surface area contributed by atoms with E-state index in [0.717, 1.165) is 11.1 Å². The molecule has 0 aliphatic heterocycles. The predicted octanol–water partition coefficient (Wildman–Crippen LogP) is 4.47. The van der Waals surface area contributed by atoms with E-state index in [1.165, 1.54) is 0 Å². The van der Waals surface area contributed by atoms with E-state index in [9.17, 15) is 4.79 Å². The summed E-state index contributed by atoms with van der Waals surface area (Å²) in [5, 5.41) is 0. The number of ether oxygens (including phenoxy) is 3. The van der Waals surface area contributed by atoms with Crippen LogP contribution in [0.1, 0.15) is 30.6 Å². The van der Waals surface area contributed by atoms with Crippen LogP contribution in [0.5, 0.6) is 0 Å². The molecule has 2 aromatic carbocycles. The molecule has 138 valence electrons. The van der Waals surface area contributed by atoms with Gasteiger partial charge in [0, 0.05) is 19.1 Å². The molecule has 26 heavy (non-hydrogen) atoms. The number of hydrogen-bond acceptors (Lipinski definition) is 4. The second-order valence-electron chi connectivity index (χ2n) is 5.93. The highest BCUT2D eigenvalue weighted by Gasteiger charge is 2.26. The second-order valence-corrected chi connectivity index (χ2v) is 5.93. The summed E-state index contributed by atoms with van der Waals surface area (Å²) in [7, 11) is 1.64. The maximum Gasteiger partial charge on any atom is 0.333 e. The van der Waals surface area contributed by atoms with E-state index in [0.29, 0.717) is 25.2 Å². The summed E-state index contributed by atoms with van der Waals surface area (Å²) in [6.45, 7) is 6.39. The highest BCUT2D eigenvalue weighted by Crippen LogP contribution is 2.28. The molecule has 2 aromatic rings. The van der Waals surface area contributed by atoms with Gasteiger partial charge in [-0.2, -0.15) is 0 Å². The Morgan fingerprint density at radius 3 is 2.23 bits per heavy atom. The van der Waals surface area contributed by atoms with Crippen molar-refractivity contribution in [1.82, 2.24) is 0 Å². The molecular formula is C22H26O4. The zero-order chi connectivity index (χ0) is 18.8. The molecule has 0 fully saturated rings. The molecule has 0 aliphatic carbocycles. The fourth-order valence-corrected chi connectivity index (χ4v) is 2.74. The van der Waals surface area contributed by atoms with Crippen LogP contribution in [0.25, 0.3) is 0 Å². The number of carbonyl (C=O) groups is 1. The number of carbonyl (C=O) groups excluding carboxylic acids is 1. The third-order valence-electron chi connectivity index (χ3n) is 4.04. The Morgan fingerprint density at radius 1 is 1.04 bits per heavy atom. The summed E-state index contributed by atoms with van der Waals surface area (Å²) in [5.74, 6) is -0.399. The number of methoxy groups -OCH3 is 1. The Balaban J connectivity index is 2.16. The summed E-state index contributed by atoms with van der Waals surface area (Å²) in [5.41, 5.74) is 2.43. The van der Waals surface area contributed by atoms with Gasteiger partial charge in [0.15, 0.2) is 0 Å². The van der Waals surface area contributed by atoms with Crippen molar-refractivity contribution in [3.8, 4) is 0 Å². The molecule has 0 unspecified atom stereocenters. The molecular weight excluding hydrogens is 328 g/mol. The van der Waals surface area contributed by atoms with Crippen LogP contribution in [0.3, 0.4) is 0 Å². The van der Waals surface area contributed by atoms with Gasteiger partial charge in [0.2, 0.25) is 0 Å². The van der Waals surface area contributed by atoms with Crippen LogP contribution in [0.2, 0.25) is 0 Å². The van der Waals surface area contributed by atoms with Crippen LogP contribution in [0.15, 0.2) is 72.8 Å². The molecule has 0 aromatic heterocycles. The standard InChI is InChI=1S/C22H26O4/c1-4-25-22(23)17(2)15-20(26-16-18-11-7-5-8-12-18)21(24-3)19-13-9-6-10-14-19/h5-14,20-21H,2,4,15-16H2,1,3H3/t20-,21-/m0/s1. The topological polar surface area (TPSA) is 44.8 Å². The first-order chi connectivity index (χ1) is 12.7. The van der Waals surface area contributed by atoms with Gasteiger partial charge < -0.3 is 14.2 Å². The molecule has 0 N–H and O–H groups in total. The zero-order valence-corrected chi connectivity index (χ0v) is 15.4. The van der Waals surface area contributed by atoms with E-state index in [-0.39, 0.29) is 12.2 Å². The van der Waals surface area contributed by atoms with Crippen LogP contribution in [-0.2, 0) is 25.6 Å². The second kappa shape index (κ2) is 10.5. The largest absolute Gasteiger partial charge is 0.463 e. The lowest BCUT2D eigenvalue weighted by Gasteiger charge is -2.27. The van der Waals surface area contributed by atoms with Gasteiger partial charge in [-0.15, -0.1) is 0 Å². The van der Waals surface area contributed by atoms with Crippen LogP contribution in [-0.4, -0.2) is 25.8 Å². The molecule has 0 saturated carbocycles. The quantitative estimate of drug-likeness (QED) is 0.466. The van der Waals surface area contributed by atoms with Gasteiger partial charge in [-0.3, -0.25) is 0 Å². The van der Waals surface area contributed by atoms with Crippen molar-refractivity contribution in [2.24, 2.45) is 0 Å². The molecule has 2 rings (SSSR count). The van der Waals surface area contributed by atoms with E-state index < -0.39 is 5.97 Å². The Bertz CT molecular complexity index is 682. The Morgan fingerprint density at radius 2 is 1.65 bits per heavy atom. The third kappa shape index (κ3) is 5.83. The maximum absolute atomic E-state index is 12.0. The minimum absolute atomic E-state index is 0.314. The normalized spacial score (nSPS) is 13.0. The monoisotopic (exact) mass is 354 g/mol. The highest BCUT2D eigenvalue weighted by molar-refractivity contribution is 5.87. The fourth-order valence-electron chi connectivity index (χ4n) is 2.74. The average Bonchev–Trinajstić information content (AvgIpc) is 2.68. The van der Waals surface area contributed by atoms with E-state index >= 15 is 0 Å². The van der Waals surface area contributed by atoms with Crippen LogP contribution >= 0.6 is 0 Å². The van der Waals surface area contributed by atoms with Crippen molar-refractivity contribution in [1.29, 1.82) is 0 Å². The van der Waals surface area contributed by atoms with Gasteiger partial charge in [0.25, 0.3) is 0 Å². The first-order valence-corrected chi connectivity index (χ1v) is 8.73. The lowest BCUT2D eigenvalue weighted by Crippen LogP contribution is -2.26.